The Labute approximate surface area is 660 Å². The first-order chi connectivity index (χ1) is 52.0. The van der Waals surface area contributed by atoms with Gasteiger partial charge in [-0.25, -0.2) is 0 Å². The average Bonchev–Trinajstić information content (AvgIpc) is 1.59. The number of allylic oxidation sites excluding steroid dienone is 4. The van der Waals surface area contributed by atoms with E-state index in [-0.39, 0.29) is 63.4 Å². The van der Waals surface area contributed by atoms with Crippen molar-refractivity contribution in [3.8, 4) is 44.8 Å². The van der Waals surface area contributed by atoms with Crippen molar-refractivity contribution >= 4 is 99.4 Å². The fourth-order valence-corrected chi connectivity index (χ4v) is 13.4. The third-order valence-corrected chi connectivity index (χ3v) is 18.1. The van der Waals surface area contributed by atoms with Gasteiger partial charge in [0.2, 0.25) is 0 Å². The van der Waals surface area contributed by atoms with Crippen LogP contribution in [0, 0.1) is 23.8 Å². The smallest absolute Gasteiger partial charge is 0.159 e. The molecule has 12 aromatic carbocycles. The zero-order valence-corrected chi connectivity index (χ0v) is 65.9. The van der Waals surface area contributed by atoms with E-state index in [1.54, 1.807) is 19.2 Å². The summed E-state index contributed by atoms with van der Waals surface area (Å²) in [6, 6.07) is 92.5. The molecule has 0 spiro atoms. The van der Waals surface area contributed by atoms with Crippen LogP contribution in [0.5, 0.6) is 0 Å². The number of anilines is 2. The number of hydrogen-bond acceptors (Lipinski definition) is 11. The van der Waals surface area contributed by atoms with E-state index in [4.69, 9.17) is 20.2 Å². The summed E-state index contributed by atoms with van der Waals surface area (Å²) in [6.45, 7) is 11.4. The van der Waals surface area contributed by atoms with E-state index in [9.17, 15) is 13.6 Å². The summed E-state index contributed by atoms with van der Waals surface area (Å²) in [5, 5.41) is 31.1. The van der Waals surface area contributed by atoms with Crippen LogP contribution < -0.4 is 10.2 Å². The first-order valence-corrected chi connectivity index (χ1v) is 35.4. The Hall–Kier alpha value is -11.9. The molecule has 3 aromatic heterocycles. The molecule has 0 amide bonds. The maximum atomic E-state index is 13.8. The average molecular weight is 1790 g/mol. The summed E-state index contributed by atoms with van der Waals surface area (Å²) >= 11 is 0. The number of halogens is 2. The number of nitrogens with one attached hydrogen (secondary N) is 2. The van der Waals surface area contributed by atoms with Crippen LogP contribution in [0.1, 0.15) is 52.7 Å². The largest absolute Gasteiger partial charge is 0.702 e. The van der Waals surface area contributed by atoms with Crippen LogP contribution in [-0.2, 0) is 58.0 Å². The number of carbonyl (C=O) groups excluding carboxylic acids is 1. The Morgan fingerprint density at radius 3 is 2.01 bits per heavy atom. The Balaban J connectivity index is 0.000000134. The van der Waals surface area contributed by atoms with Gasteiger partial charge in [-0.15, -0.1) is 48.0 Å². The molecule has 3 N–H and O–H groups in total. The molecular weight excluding hydrogens is 1710 g/mol. The number of hydrogen-bond donors (Lipinski definition) is 2. The SMILES string of the molecule is CC(=O)C=C(C)O.CC(C)N=Nc1c2c3c(cccc3c3ccccc13)CN2.CC([NH-])=CC(C)=Nc1ccccc1.CN1C=CN2c3c(ccc4c3oc3ccccc34)CC12.Fc1c[c-]c(-c2nccc3ccccc23)c(F)c1.[Ir].[Ir].[c-]1ccccc1-c1cc(-c2ccccc2)c2cc(-c3ccccc3)ccc2n1. The summed E-state index contributed by atoms with van der Waals surface area (Å²) in [5.74, 6) is -1.36. The number of pyridine rings is 2. The van der Waals surface area contributed by atoms with E-state index < -0.39 is 11.6 Å². The maximum absolute atomic E-state index is 13.8. The van der Waals surface area contributed by atoms with Gasteiger partial charge in [0.1, 0.15) is 17.4 Å². The van der Waals surface area contributed by atoms with Crippen LogP contribution in [0.25, 0.3) is 116 Å². The van der Waals surface area contributed by atoms with E-state index in [1.807, 2.05) is 124 Å². The molecule has 0 saturated carbocycles. The summed E-state index contributed by atoms with van der Waals surface area (Å²) in [6.07, 6.45) is 10.3. The second-order valence-corrected chi connectivity index (χ2v) is 26.4. The number of furan rings is 1. The number of aliphatic hydroxyl groups excluding tert-OH is 1. The number of azo groups is 1. The normalized spacial score (nSPS) is 13.2. The molecule has 16 heteroatoms. The molecule has 0 fully saturated rings. The Bertz CT molecular complexity index is 5880. The van der Waals surface area contributed by atoms with E-state index in [1.165, 1.54) is 85.9 Å². The minimum atomic E-state index is -0.654. The number of carbonyl (C=O) groups is 1. The van der Waals surface area contributed by atoms with Crippen LogP contribution in [0.15, 0.2) is 323 Å². The standard InChI is InChI=1S/C27H18N.C18H17N3.C17H14N2O.C15H8F2N.C11H13N2.C5H8O2.2Ir/c1-4-10-20(11-5-1)23-16-17-26-25(18-23)24(21-12-6-2-7-13-21)19-27(28-26)22-14-8-3-9-15-22;1-11(2)20-21-17-15-8-4-3-7-13(15)14-9-5-6-12-10-19-18(17)16(12)14;1-18-8-9-19-15(18)10-11-6-7-13-12-4-2-3-5-14(12)20-17(13)16(11)19;16-11-5-6-13(14(17)9-11)15-12-4-2-1-3-10(12)7-8-18-15;1-9(12)8-10(2)13-11-6-4-3-5-7-11;1-4(6)3-5(2)7;;/h1-14,16-19H;3-9,11,19H,10H2,1-2H3;2-9,15H,10H2,1H3;1-5,7-9H;3-8,12H,1-2H3;3,6H,1-2H3;;/q-1;;;2*-1;;;. The van der Waals surface area contributed by atoms with Crippen molar-refractivity contribution in [2.45, 2.75) is 66.7 Å². The first kappa shape index (κ1) is 78.2. The molecule has 0 bridgehead atoms. The number of para-hydroxylation sites is 2. The Morgan fingerprint density at radius 2 is 1.32 bits per heavy atom. The summed E-state index contributed by atoms with van der Waals surface area (Å²) in [5.41, 5.74) is 26.0. The van der Waals surface area contributed by atoms with Gasteiger partial charge in [-0.3, -0.25) is 23.6 Å². The molecule has 15 aromatic rings. The van der Waals surface area contributed by atoms with Gasteiger partial charge in [0.25, 0.3) is 0 Å². The van der Waals surface area contributed by atoms with Crippen LogP contribution in [-0.4, -0.2) is 50.7 Å². The Kier molecular flexibility index (Phi) is 25.9. The second kappa shape index (κ2) is 36.1. The molecule has 3 aliphatic heterocycles. The zero-order valence-electron chi connectivity index (χ0n) is 61.1. The fraction of sp³-hybridized carbons (Fsp3) is 0.118. The number of aliphatic imine (C=N–C) groups is 1. The van der Waals surface area contributed by atoms with Crippen LogP contribution >= 0.6 is 0 Å². The molecule has 1 unspecified atom stereocenters. The number of likely N-dealkylation sites (N-methyl/N-ethyl adjacent to an activating group) is 1. The molecule has 1 atom stereocenters. The molecule has 0 aliphatic carbocycles. The third kappa shape index (κ3) is 18.4. The van der Waals surface area contributed by atoms with Gasteiger partial charge in [-0.05, 0) is 137 Å². The summed E-state index contributed by atoms with van der Waals surface area (Å²) < 4.78 is 32.8. The van der Waals surface area contributed by atoms with Crippen molar-refractivity contribution in [2.75, 3.05) is 17.3 Å². The number of fused-ring (bicyclic) bond motifs is 11. The van der Waals surface area contributed by atoms with Crippen LogP contribution in [0.3, 0.4) is 0 Å². The molecule has 3 aliphatic rings. The molecule has 18 rings (SSSR count). The predicted molar refractivity (Wildman–Crippen MR) is 436 cm³/mol. The quantitative estimate of drug-likeness (QED) is 0.0361. The topological polar surface area (TPSA) is 156 Å². The van der Waals surface area contributed by atoms with Crippen molar-refractivity contribution in [1.82, 2.24) is 14.9 Å². The van der Waals surface area contributed by atoms with Crippen molar-refractivity contribution < 1.29 is 63.3 Å². The summed E-state index contributed by atoms with van der Waals surface area (Å²) in [4.78, 5) is 28.0. The fourth-order valence-electron chi connectivity index (χ4n) is 13.4. The number of aromatic nitrogens is 2. The van der Waals surface area contributed by atoms with Gasteiger partial charge >= 0.3 is 0 Å². The van der Waals surface area contributed by atoms with Gasteiger partial charge in [0, 0.05) is 129 Å². The van der Waals surface area contributed by atoms with Crippen LogP contribution in [0.4, 0.5) is 31.5 Å². The molecule has 12 nitrogen and oxygen atoms in total. The number of benzene rings is 12. The summed E-state index contributed by atoms with van der Waals surface area (Å²) in [7, 11) is 2.13. The number of ketones is 1. The molecule has 109 heavy (non-hydrogen) atoms. The van der Waals surface area contributed by atoms with E-state index in [0.717, 1.165) is 97.4 Å². The minimum absolute atomic E-state index is 0. The monoisotopic (exact) mass is 1790 g/mol. The molecular formula is C93H78F2Ir2N9O3-3. The second-order valence-electron chi connectivity index (χ2n) is 26.4. The van der Waals surface area contributed by atoms with Crippen molar-refractivity contribution in [2.24, 2.45) is 15.2 Å². The third-order valence-electron chi connectivity index (χ3n) is 18.1. The van der Waals surface area contributed by atoms with Crippen LogP contribution in [0.2, 0.25) is 0 Å². The number of nitrogens with zero attached hydrogens (tertiary/aromatic N) is 7. The first-order valence-electron chi connectivity index (χ1n) is 35.4. The van der Waals surface area contributed by atoms with Gasteiger partial charge in [-0.1, -0.05) is 213 Å². The zero-order chi connectivity index (χ0) is 74.5. The van der Waals surface area contributed by atoms with E-state index in [2.05, 4.69) is 212 Å². The maximum Gasteiger partial charge on any atom is 0.159 e. The number of rotatable bonds is 9. The predicted octanol–water partition coefficient (Wildman–Crippen LogP) is 24.9. The van der Waals surface area contributed by atoms with Crippen molar-refractivity contribution in [3.05, 3.63) is 344 Å². The molecule has 0 saturated heterocycles. The van der Waals surface area contributed by atoms with E-state index in [0.29, 0.717) is 17.6 Å². The van der Waals surface area contributed by atoms with Gasteiger partial charge in [-0.2, -0.15) is 15.9 Å². The minimum Gasteiger partial charge on any atom is -0.702 e. The van der Waals surface area contributed by atoms with Crippen molar-refractivity contribution in [1.29, 1.82) is 0 Å². The Morgan fingerprint density at radius 1 is 0.651 bits per heavy atom. The molecule has 548 valence electrons. The van der Waals surface area contributed by atoms with Gasteiger partial charge in [0.05, 0.1) is 34.4 Å². The molecule has 2 radical (unpaired) electrons. The number of aliphatic hydroxyl groups is 1. The van der Waals surface area contributed by atoms with Gasteiger partial charge in [0.15, 0.2) is 11.4 Å². The molecule has 6 heterocycles. The van der Waals surface area contributed by atoms with Gasteiger partial charge < -0.3 is 35.4 Å². The van der Waals surface area contributed by atoms with Crippen molar-refractivity contribution in [3.63, 3.8) is 0 Å². The van der Waals surface area contributed by atoms with E-state index >= 15 is 0 Å².